The van der Waals surface area contributed by atoms with Crippen molar-refractivity contribution in [2.45, 2.75) is 32.9 Å². The number of aliphatic imine (C=N–C) groups is 1. The van der Waals surface area contributed by atoms with Gasteiger partial charge in [0.2, 0.25) is 11.9 Å². The molecule has 8 heteroatoms. The Morgan fingerprint density at radius 1 is 1.13 bits per heavy atom. The van der Waals surface area contributed by atoms with Crippen molar-refractivity contribution in [3.63, 3.8) is 0 Å². The molecule has 0 saturated carbocycles. The Balaban J connectivity index is 1.79. The summed E-state index contributed by atoms with van der Waals surface area (Å²) in [5.41, 5.74) is 3.15. The van der Waals surface area contributed by atoms with Gasteiger partial charge in [-0.1, -0.05) is 67.4 Å². The maximum atomic E-state index is 12.8. The summed E-state index contributed by atoms with van der Waals surface area (Å²) in [5.74, 6) is 1.25. The summed E-state index contributed by atoms with van der Waals surface area (Å²) in [7, 11) is 0. The molecule has 0 aliphatic carbocycles. The summed E-state index contributed by atoms with van der Waals surface area (Å²) in [6, 6.07) is 14.9. The standard InChI is InChI=1S/C22H21Cl2N5O/c1-12(2)14-7-9-15(10-8-14)20-27-21(26-17-6-4-5-16(23)19(17)24)28-22-25-13(3)11-18(30)29(20)22/h4-12,20H,1-3H3,(H2,25,26,27,28)/t20-/m0/s1. The van der Waals surface area contributed by atoms with Crippen LogP contribution in [-0.2, 0) is 0 Å². The number of hydrogen-bond acceptors (Lipinski definition) is 5. The molecule has 0 radical (unpaired) electrons. The minimum absolute atomic E-state index is 0.175. The first-order valence-corrected chi connectivity index (χ1v) is 10.3. The van der Waals surface area contributed by atoms with E-state index in [0.29, 0.717) is 39.3 Å². The first-order chi connectivity index (χ1) is 14.3. The molecular formula is C22H21Cl2N5O. The molecule has 0 amide bonds. The highest BCUT2D eigenvalue weighted by molar-refractivity contribution is 6.44. The van der Waals surface area contributed by atoms with Gasteiger partial charge in [-0.05, 0) is 36.1 Å². The van der Waals surface area contributed by atoms with Gasteiger partial charge >= 0.3 is 0 Å². The van der Waals surface area contributed by atoms with Crippen molar-refractivity contribution in [1.82, 2.24) is 9.55 Å². The maximum absolute atomic E-state index is 12.8. The highest BCUT2D eigenvalue weighted by Crippen LogP contribution is 2.31. The number of aromatic nitrogens is 2. The van der Waals surface area contributed by atoms with Crippen molar-refractivity contribution in [1.29, 1.82) is 0 Å². The van der Waals surface area contributed by atoms with E-state index in [1.165, 1.54) is 11.6 Å². The van der Waals surface area contributed by atoms with Crippen molar-refractivity contribution in [3.05, 3.63) is 85.8 Å². The fourth-order valence-electron chi connectivity index (χ4n) is 3.32. The second-order valence-corrected chi connectivity index (χ2v) is 8.24. The van der Waals surface area contributed by atoms with Gasteiger partial charge in [0.25, 0.3) is 5.56 Å². The first kappa shape index (κ1) is 20.4. The molecule has 1 aliphatic rings. The first-order valence-electron chi connectivity index (χ1n) is 9.59. The van der Waals surface area contributed by atoms with Gasteiger partial charge in [-0.3, -0.25) is 14.7 Å². The smallest absolute Gasteiger partial charge is 0.257 e. The second kappa shape index (κ2) is 8.13. The molecule has 0 bridgehead atoms. The molecule has 0 spiro atoms. The summed E-state index contributed by atoms with van der Waals surface area (Å²) in [6.07, 6.45) is -0.566. The molecule has 2 N–H and O–H groups in total. The van der Waals surface area contributed by atoms with Gasteiger partial charge in [-0.25, -0.2) is 9.98 Å². The third-order valence-corrected chi connectivity index (χ3v) is 5.73. The average molecular weight is 442 g/mol. The molecule has 0 unspecified atom stereocenters. The summed E-state index contributed by atoms with van der Waals surface area (Å²) < 4.78 is 1.54. The number of benzene rings is 2. The van der Waals surface area contributed by atoms with E-state index in [1.54, 1.807) is 29.7 Å². The maximum Gasteiger partial charge on any atom is 0.257 e. The molecule has 2 aromatic carbocycles. The molecule has 0 saturated heterocycles. The zero-order valence-electron chi connectivity index (χ0n) is 16.8. The summed E-state index contributed by atoms with van der Waals surface area (Å²) >= 11 is 12.4. The molecule has 6 nitrogen and oxygen atoms in total. The van der Waals surface area contributed by atoms with Crippen LogP contribution in [0.5, 0.6) is 0 Å². The van der Waals surface area contributed by atoms with Gasteiger partial charge in [0.15, 0.2) is 6.17 Å². The lowest BCUT2D eigenvalue weighted by Gasteiger charge is -2.27. The molecule has 3 aromatic rings. The summed E-state index contributed by atoms with van der Waals surface area (Å²) in [6.45, 7) is 6.06. The molecule has 0 fully saturated rings. The normalized spacial score (nSPS) is 15.4. The van der Waals surface area contributed by atoms with Crippen molar-refractivity contribution >= 4 is 40.8 Å². The van der Waals surface area contributed by atoms with E-state index >= 15 is 0 Å². The average Bonchev–Trinajstić information content (AvgIpc) is 2.70. The van der Waals surface area contributed by atoms with E-state index in [0.717, 1.165) is 5.56 Å². The van der Waals surface area contributed by atoms with Gasteiger partial charge in [-0.2, -0.15) is 0 Å². The zero-order valence-corrected chi connectivity index (χ0v) is 18.3. The number of fused-ring (bicyclic) bond motifs is 1. The number of nitrogens with zero attached hydrogens (tertiary/aromatic N) is 3. The predicted molar refractivity (Wildman–Crippen MR) is 123 cm³/mol. The molecule has 2 heterocycles. The number of rotatable bonds is 3. The third-order valence-electron chi connectivity index (χ3n) is 4.91. The number of halogens is 2. The summed E-state index contributed by atoms with van der Waals surface area (Å²) in [5, 5.41) is 7.08. The van der Waals surface area contributed by atoms with E-state index in [2.05, 4.69) is 41.6 Å². The van der Waals surface area contributed by atoms with Crippen LogP contribution in [0.25, 0.3) is 0 Å². The van der Waals surface area contributed by atoms with E-state index in [4.69, 9.17) is 28.2 Å². The van der Waals surface area contributed by atoms with Crippen LogP contribution in [0.4, 0.5) is 11.6 Å². The molecule has 1 atom stereocenters. The quantitative estimate of drug-likeness (QED) is 0.568. The van der Waals surface area contributed by atoms with E-state index in [1.807, 2.05) is 12.1 Å². The van der Waals surface area contributed by atoms with E-state index in [9.17, 15) is 4.79 Å². The predicted octanol–water partition coefficient (Wildman–Crippen LogP) is 5.42. The fraction of sp³-hybridized carbons (Fsp3) is 0.227. The lowest BCUT2D eigenvalue weighted by molar-refractivity contribution is 0.577. The van der Waals surface area contributed by atoms with Crippen molar-refractivity contribution in [2.75, 3.05) is 10.6 Å². The van der Waals surface area contributed by atoms with Gasteiger partial charge in [0.05, 0.1) is 15.7 Å². The molecule has 1 aromatic heterocycles. The van der Waals surface area contributed by atoms with E-state index in [-0.39, 0.29) is 5.56 Å². The van der Waals surface area contributed by atoms with Gasteiger partial charge in [0.1, 0.15) is 0 Å². The number of hydrogen-bond donors (Lipinski definition) is 2. The molecular weight excluding hydrogens is 421 g/mol. The van der Waals surface area contributed by atoms with Crippen molar-refractivity contribution < 1.29 is 0 Å². The number of aryl methyl sites for hydroxylation is 1. The van der Waals surface area contributed by atoms with Crippen LogP contribution < -0.4 is 16.2 Å². The van der Waals surface area contributed by atoms with Gasteiger partial charge < -0.3 is 5.32 Å². The molecule has 1 aliphatic heterocycles. The van der Waals surface area contributed by atoms with Crippen molar-refractivity contribution in [2.24, 2.45) is 4.99 Å². The topological polar surface area (TPSA) is 71.3 Å². The highest BCUT2D eigenvalue weighted by Gasteiger charge is 2.25. The van der Waals surface area contributed by atoms with Crippen LogP contribution >= 0.6 is 23.2 Å². The lowest BCUT2D eigenvalue weighted by atomic mass is 10.0. The molecule has 30 heavy (non-hydrogen) atoms. The zero-order chi connectivity index (χ0) is 21.4. The number of anilines is 2. The Morgan fingerprint density at radius 3 is 2.57 bits per heavy atom. The Labute approximate surface area is 184 Å². The Kier molecular flexibility index (Phi) is 5.54. The van der Waals surface area contributed by atoms with Crippen molar-refractivity contribution in [3.8, 4) is 0 Å². The third kappa shape index (κ3) is 3.93. The SMILES string of the molecule is Cc1cc(=O)n2c(n1)NC(Nc1cccc(Cl)c1Cl)=N[C@@H]2c1ccc(C(C)C)cc1. The van der Waals surface area contributed by atoms with Crippen LogP contribution in [0.15, 0.2) is 58.3 Å². The van der Waals surface area contributed by atoms with Crippen LogP contribution in [0.3, 0.4) is 0 Å². The number of nitrogens with one attached hydrogen (secondary N) is 2. The Hall–Kier alpha value is -2.83. The van der Waals surface area contributed by atoms with Gasteiger partial charge in [-0.15, -0.1) is 0 Å². The molecule has 4 rings (SSSR count). The van der Waals surface area contributed by atoms with Crippen LogP contribution in [0.1, 0.15) is 42.8 Å². The van der Waals surface area contributed by atoms with Crippen LogP contribution in [-0.4, -0.2) is 15.5 Å². The largest absolute Gasteiger partial charge is 0.325 e. The fourth-order valence-corrected chi connectivity index (χ4v) is 3.66. The van der Waals surface area contributed by atoms with Gasteiger partial charge in [0, 0.05) is 11.8 Å². The minimum Gasteiger partial charge on any atom is -0.325 e. The van der Waals surface area contributed by atoms with Crippen LogP contribution in [0.2, 0.25) is 10.0 Å². The van der Waals surface area contributed by atoms with E-state index < -0.39 is 6.17 Å². The Bertz CT molecular complexity index is 1190. The monoisotopic (exact) mass is 441 g/mol. The Morgan fingerprint density at radius 2 is 1.87 bits per heavy atom. The second-order valence-electron chi connectivity index (χ2n) is 7.45. The minimum atomic E-state index is -0.566. The lowest BCUT2D eigenvalue weighted by Crippen LogP contribution is -2.37. The highest BCUT2D eigenvalue weighted by atomic mass is 35.5. The summed E-state index contributed by atoms with van der Waals surface area (Å²) in [4.78, 5) is 22.0. The number of guanidine groups is 1. The molecule has 154 valence electrons. The van der Waals surface area contributed by atoms with Crippen LogP contribution in [0, 0.1) is 6.92 Å².